The molecule has 0 fully saturated rings. The highest BCUT2D eigenvalue weighted by molar-refractivity contribution is 5.86. The van der Waals surface area contributed by atoms with Gasteiger partial charge in [0.05, 0.1) is 6.61 Å². The van der Waals surface area contributed by atoms with Gasteiger partial charge in [0.2, 0.25) is 5.78 Å². The summed E-state index contributed by atoms with van der Waals surface area (Å²) in [5.41, 5.74) is 0. The number of hydrogen-bond acceptors (Lipinski definition) is 7. The zero-order valence-corrected chi connectivity index (χ0v) is 12.4. The molecule has 124 valence electrons. The Hall–Kier alpha value is -1.02. The van der Waals surface area contributed by atoms with Gasteiger partial charge >= 0.3 is 5.97 Å². The predicted octanol–water partition coefficient (Wildman–Crippen LogP) is -0.466. The maximum absolute atomic E-state index is 11.4. The van der Waals surface area contributed by atoms with E-state index in [1.54, 1.807) is 0 Å². The Balaban J connectivity index is 3.88. The van der Waals surface area contributed by atoms with E-state index in [0.29, 0.717) is 6.42 Å². The number of aliphatic hydroxyl groups is 4. The van der Waals surface area contributed by atoms with E-state index in [1.807, 2.05) is 0 Å². The van der Waals surface area contributed by atoms with Gasteiger partial charge < -0.3 is 25.2 Å². The van der Waals surface area contributed by atoms with Crippen molar-refractivity contribution in [2.75, 3.05) is 13.2 Å². The second kappa shape index (κ2) is 11.6. The largest absolute Gasteiger partial charge is 0.458 e. The summed E-state index contributed by atoms with van der Waals surface area (Å²) in [6, 6.07) is 0. The maximum Gasteiger partial charge on any atom is 0.306 e. The van der Waals surface area contributed by atoms with E-state index in [4.69, 9.17) is 14.9 Å². The molecular formula is C14H26O7. The van der Waals surface area contributed by atoms with Crippen molar-refractivity contribution in [1.29, 1.82) is 0 Å². The number of ether oxygens (including phenoxy) is 1. The Morgan fingerprint density at radius 1 is 1.05 bits per heavy atom. The quantitative estimate of drug-likeness (QED) is 0.284. The molecule has 4 N–H and O–H groups in total. The number of Topliss-reactive ketones (excluding diaryl/α,β-unsaturated/α-hetero) is 1. The van der Waals surface area contributed by atoms with Gasteiger partial charge in [-0.3, -0.25) is 9.59 Å². The molecule has 21 heavy (non-hydrogen) atoms. The van der Waals surface area contributed by atoms with Gasteiger partial charge in [0.25, 0.3) is 0 Å². The van der Waals surface area contributed by atoms with Crippen LogP contribution in [0.15, 0.2) is 0 Å². The number of hydrogen-bond donors (Lipinski definition) is 4. The highest BCUT2D eigenvalue weighted by atomic mass is 16.5. The van der Waals surface area contributed by atoms with Gasteiger partial charge in [-0.1, -0.05) is 32.6 Å². The molecule has 7 heteroatoms. The number of esters is 1. The highest BCUT2D eigenvalue weighted by Gasteiger charge is 2.30. The first-order valence-electron chi connectivity index (χ1n) is 7.27. The number of unbranched alkanes of at least 4 members (excludes halogenated alkanes) is 4. The molecule has 7 nitrogen and oxygen atoms in total. The number of ketones is 1. The normalized spacial score (nSPS) is 15.3. The second-order valence-corrected chi connectivity index (χ2v) is 4.98. The van der Waals surface area contributed by atoms with Crippen molar-refractivity contribution in [3.8, 4) is 0 Å². The van der Waals surface area contributed by atoms with Crippen LogP contribution in [0.1, 0.15) is 45.4 Å². The van der Waals surface area contributed by atoms with Crippen molar-refractivity contribution >= 4 is 11.8 Å². The molecule has 0 saturated heterocycles. The number of carbonyl (C=O) groups excluding carboxylic acids is 2. The molecule has 0 rings (SSSR count). The third-order valence-electron chi connectivity index (χ3n) is 3.09. The minimum atomic E-state index is -1.90. The molecule has 0 saturated carbocycles. The van der Waals surface area contributed by atoms with E-state index in [9.17, 15) is 19.8 Å². The van der Waals surface area contributed by atoms with Crippen LogP contribution in [0.4, 0.5) is 0 Å². The zero-order chi connectivity index (χ0) is 16.3. The fraction of sp³-hybridized carbons (Fsp3) is 0.857. The van der Waals surface area contributed by atoms with Gasteiger partial charge in [-0.25, -0.2) is 0 Å². The first-order chi connectivity index (χ1) is 9.93. The van der Waals surface area contributed by atoms with Crippen LogP contribution in [0.2, 0.25) is 0 Å². The fourth-order valence-corrected chi connectivity index (χ4v) is 1.69. The van der Waals surface area contributed by atoms with E-state index in [1.165, 1.54) is 0 Å². The van der Waals surface area contributed by atoms with Gasteiger partial charge in [0, 0.05) is 6.42 Å². The van der Waals surface area contributed by atoms with Gasteiger partial charge in [-0.05, 0) is 6.42 Å². The van der Waals surface area contributed by atoms with Crippen molar-refractivity contribution in [1.82, 2.24) is 0 Å². The molecule has 3 atom stereocenters. The van der Waals surface area contributed by atoms with Gasteiger partial charge in [-0.2, -0.15) is 0 Å². The second-order valence-electron chi connectivity index (χ2n) is 4.98. The molecule has 0 amide bonds. The lowest BCUT2D eigenvalue weighted by Gasteiger charge is -2.20. The number of carbonyl (C=O) groups is 2. The summed E-state index contributed by atoms with van der Waals surface area (Å²) < 4.78 is 4.69. The SMILES string of the molecule is CCCCCCCC(=O)OCC(=O)[C@@H](O)[C@H](O)[C@@H](O)CO. The third kappa shape index (κ3) is 8.77. The first kappa shape index (κ1) is 20.0. The Bertz CT molecular complexity index is 306. The summed E-state index contributed by atoms with van der Waals surface area (Å²) in [7, 11) is 0. The lowest BCUT2D eigenvalue weighted by molar-refractivity contribution is -0.155. The molecule has 0 aliphatic heterocycles. The minimum Gasteiger partial charge on any atom is -0.458 e. The average molecular weight is 306 g/mol. The highest BCUT2D eigenvalue weighted by Crippen LogP contribution is 2.06. The molecule has 0 aliphatic rings. The molecule has 0 aromatic carbocycles. The number of aliphatic hydroxyl groups excluding tert-OH is 4. The molecule has 0 spiro atoms. The Morgan fingerprint density at radius 3 is 2.24 bits per heavy atom. The van der Waals surface area contributed by atoms with Crippen LogP contribution in [-0.4, -0.2) is 63.7 Å². The topological polar surface area (TPSA) is 124 Å². The summed E-state index contributed by atoms with van der Waals surface area (Å²) in [5, 5.41) is 36.4. The van der Waals surface area contributed by atoms with Crippen LogP contribution in [0.25, 0.3) is 0 Å². The van der Waals surface area contributed by atoms with Gasteiger partial charge in [-0.15, -0.1) is 0 Å². The Kier molecular flexibility index (Phi) is 11.1. The Morgan fingerprint density at radius 2 is 1.67 bits per heavy atom. The lowest BCUT2D eigenvalue weighted by Crippen LogP contribution is -2.45. The standard InChI is InChI=1S/C14H26O7/c1-2-3-4-5-6-7-12(18)21-9-11(17)14(20)13(19)10(16)8-15/h10,13-16,19-20H,2-9H2,1H3/t10-,13+,14+/m0/s1. The molecule has 0 bridgehead atoms. The molecular weight excluding hydrogens is 280 g/mol. The maximum atomic E-state index is 11.4. The zero-order valence-electron chi connectivity index (χ0n) is 12.4. The molecule has 0 heterocycles. The summed E-state index contributed by atoms with van der Waals surface area (Å²) in [6.45, 7) is 0.639. The van der Waals surface area contributed by atoms with Crippen LogP contribution in [0, 0.1) is 0 Å². The van der Waals surface area contributed by atoms with E-state index >= 15 is 0 Å². The van der Waals surface area contributed by atoms with E-state index in [0.717, 1.165) is 25.7 Å². The van der Waals surface area contributed by atoms with Crippen molar-refractivity contribution < 1.29 is 34.8 Å². The predicted molar refractivity (Wildman–Crippen MR) is 74.4 cm³/mol. The summed E-state index contributed by atoms with van der Waals surface area (Å²) in [4.78, 5) is 22.8. The lowest BCUT2D eigenvalue weighted by atomic mass is 10.1. The van der Waals surface area contributed by atoms with Crippen LogP contribution in [-0.2, 0) is 14.3 Å². The van der Waals surface area contributed by atoms with E-state index in [-0.39, 0.29) is 6.42 Å². The van der Waals surface area contributed by atoms with Crippen LogP contribution in [0.3, 0.4) is 0 Å². The Labute approximate surface area is 124 Å². The van der Waals surface area contributed by atoms with Crippen molar-refractivity contribution in [2.24, 2.45) is 0 Å². The van der Waals surface area contributed by atoms with Gasteiger partial charge in [0.15, 0.2) is 6.61 Å². The summed E-state index contributed by atoms with van der Waals surface area (Å²) in [6.07, 6.45) is -0.258. The van der Waals surface area contributed by atoms with Gasteiger partial charge in [0.1, 0.15) is 18.3 Å². The fourth-order valence-electron chi connectivity index (χ4n) is 1.69. The molecule has 0 aromatic rings. The summed E-state index contributed by atoms with van der Waals surface area (Å²) in [5.74, 6) is -1.46. The van der Waals surface area contributed by atoms with Crippen LogP contribution < -0.4 is 0 Å². The van der Waals surface area contributed by atoms with Crippen LogP contribution in [0.5, 0.6) is 0 Å². The molecule has 0 aromatic heterocycles. The van der Waals surface area contributed by atoms with E-state index < -0.39 is 43.3 Å². The van der Waals surface area contributed by atoms with Crippen molar-refractivity contribution in [2.45, 2.75) is 63.8 Å². The van der Waals surface area contributed by atoms with E-state index in [2.05, 4.69) is 6.92 Å². The van der Waals surface area contributed by atoms with Crippen molar-refractivity contribution in [3.05, 3.63) is 0 Å². The van der Waals surface area contributed by atoms with Crippen molar-refractivity contribution in [3.63, 3.8) is 0 Å². The average Bonchev–Trinajstić information content (AvgIpc) is 2.49. The molecule has 0 unspecified atom stereocenters. The number of rotatable bonds is 12. The molecule has 0 radical (unpaired) electrons. The molecule has 0 aliphatic carbocycles. The third-order valence-corrected chi connectivity index (χ3v) is 3.09. The monoisotopic (exact) mass is 306 g/mol. The smallest absolute Gasteiger partial charge is 0.306 e. The minimum absolute atomic E-state index is 0.203. The first-order valence-corrected chi connectivity index (χ1v) is 7.27. The van der Waals surface area contributed by atoms with Crippen LogP contribution >= 0.6 is 0 Å². The summed E-state index contributed by atoms with van der Waals surface area (Å²) >= 11 is 0.